The topological polar surface area (TPSA) is 75.1 Å². The number of rotatable bonds is 6. The Morgan fingerprint density at radius 2 is 2.26 bits per heavy atom. The van der Waals surface area contributed by atoms with E-state index in [4.69, 9.17) is 0 Å². The van der Waals surface area contributed by atoms with Crippen LogP contribution in [0.2, 0.25) is 0 Å². The summed E-state index contributed by atoms with van der Waals surface area (Å²) in [7, 11) is 0. The highest BCUT2D eigenvalue weighted by atomic mass is 16.4. The van der Waals surface area contributed by atoms with Crippen LogP contribution in [-0.2, 0) is 4.79 Å². The van der Waals surface area contributed by atoms with Crippen LogP contribution in [0.3, 0.4) is 0 Å². The molecule has 0 aliphatic rings. The lowest BCUT2D eigenvalue weighted by Gasteiger charge is -2.16. The summed E-state index contributed by atoms with van der Waals surface area (Å²) in [6.45, 7) is 2.05. The Morgan fingerprint density at radius 3 is 3.00 bits per heavy atom. The van der Waals surface area contributed by atoms with Crippen molar-refractivity contribution in [2.24, 2.45) is 0 Å². The van der Waals surface area contributed by atoms with Gasteiger partial charge in [-0.2, -0.15) is 0 Å². The van der Waals surface area contributed by atoms with Crippen LogP contribution >= 0.6 is 0 Å². The first-order chi connectivity index (χ1) is 9.22. The van der Waals surface area contributed by atoms with E-state index >= 15 is 0 Å². The summed E-state index contributed by atoms with van der Waals surface area (Å²) >= 11 is 0. The molecule has 0 aliphatic heterocycles. The Bertz CT molecular complexity index is 566. The predicted octanol–water partition coefficient (Wildman–Crippen LogP) is 2.69. The Morgan fingerprint density at radius 1 is 1.42 bits per heavy atom. The number of nitrogens with zero attached hydrogens (tertiary/aromatic N) is 2. The fourth-order valence-electron chi connectivity index (χ4n) is 1.97. The van der Waals surface area contributed by atoms with E-state index in [0.717, 1.165) is 29.4 Å². The van der Waals surface area contributed by atoms with E-state index in [1.165, 1.54) is 0 Å². The molecule has 2 aromatic heterocycles. The first-order valence-electron chi connectivity index (χ1n) is 6.40. The van der Waals surface area contributed by atoms with Gasteiger partial charge in [0.15, 0.2) is 0 Å². The fraction of sp³-hybridized carbons (Fsp3) is 0.357. The molecular weight excluding hydrogens is 242 g/mol. The van der Waals surface area contributed by atoms with Crippen molar-refractivity contribution in [1.29, 1.82) is 0 Å². The number of pyridine rings is 2. The molecule has 0 saturated carbocycles. The van der Waals surface area contributed by atoms with Crippen LogP contribution in [-0.4, -0.2) is 27.1 Å². The normalized spacial score (nSPS) is 12.3. The number of anilines is 1. The minimum absolute atomic E-state index is 0.578. The van der Waals surface area contributed by atoms with E-state index in [1.54, 1.807) is 24.7 Å². The van der Waals surface area contributed by atoms with Gasteiger partial charge in [-0.15, -0.1) is 0 Å². The number of nitrogens with one attached hydrogen (secondary N) is 1. The van der Waals surface area contributed by atoms with Crippen LogP contribution in [0.15, 0.2) is 30.7 Å². The molecule has 0 amide bonds. The second kappa shape index (κ2) is 6.13. The van der Waals surface area contributed by atoms with Crippen LogP contribution in [0.4, 0.5) is 5.69 Å². The molecule has 19 heavy (non-hydrogen) atoms. The lowest BCUT2D eigenvalue weighted by molar-refractivity contribution is -0.138. The average molecular weight is 259 g/mol. The average Bonchev–Trinajstić information content (AvgIpc) is 2.43. The molecule has 2 N–H and O–H groups in total. The fourth-order valence-corrected chi connectivity index (χ4v) is 1.97. The van der Waals surface area contributed by atoms with Gasteiger partial charge in [0.05, 0.1) is 5.52 Å². The number of aliphatic carboxylic acids is 1. The summed E-state index contributed by atoms with van der Waals surface area (Å²) in [4.78, 5) is 19.5. The first-order valence-corrected chi connectivity index (χ1v) is 6.40. The van der Waals surface area contributed by atoms with Gasteiger partial charge in [0.1, 0.15) is 6.04 Å². The molecule has 0 bridgehead atoms. The third-order valence-electron chi connectivity index (χ3n) is 3.02. The van der Waals surface area contributed by atoms with Gasteiger partial charge >= 0.3 is 5.97 Å². The van der Waals surface area contributed by atoms with Gasteiger partial charge in [-0.3, -0.25) is 9.97 Å². The quantitative estimate of drug-likeness (QED) is 0.834. The zero-order valence-electron chi connectivity index (χ0n) is 10.8. The van der Waals surface area contributed by atoms with Gasteiger partial charge in [-0.1, -0.05) is 19.8 Å². The molecule has 0 spiro atoms. The number of unbranched alkanes of at least 4 members (excludes halogenated alkanes) is 1. The van der Waals surface area contributed by atoms with Crippen LogP contribution in [0, 0.1) is 0 Å². The number of aromatic nitrogens is 2. The summed E-state index contributed by atoms with van der Waals surface area (Å²) in [6, 6.07) is 3.01. The number of fused-ring (bicyclic) bond motifs is 1. The molecular formula is C14H17N3O2. The molecule has 5 heteroatoms. The first kappa shape index (κ1) is 13.3. The largest absolute Gasteiger partial charge is 0.480 e. The molecule has 0 aliphatic carbocycles. The highest BCUT2D eigenvalue weighted by molar-refractivity contribution is 5.92. The van der Waals surface area contributed by atoms with Gasteiger partial charge in [0, 0.05) is 29.7 Å². The van der Waals surface area contributed by atoms with Gasteiger partial charge in [-0.05, 0) is 18.6 Å². The van der Waals surface area contributed by atoms with E-state index in [0.29, 0.717) is 6.42 Å². The third-order valence-corrected chi connectivity index (χ3v) is 3.02. The SMILES string of the molecule is CCCC[C@H](Nc1ccnc2ccncc12)C(=O)O. The van der Waals surface area contributed by atoms with Crippen LogP contribution in [0.5, 0.6) is 0 Å². The maximum Gasteiger partial charge on any atom is 0.326 e. The van der Waals surface area contributed by atoms with Gasteiger partial charge in [0.25, 0.3) is 0 Å². The lowest BCUT2D eigenvalue weighted by atomic mass is 10.1. The van der Waals surface area contributed by atoms with Crippen molar-refractivity contribution in [3.63, 3.8) is 0 Å². The van der Waals surface area contributed by atoms with Gasteiger partial charge in [-0.25, -0.2) is 4.79 Å². The van der Waals surface area contributed by atoms with Crippen LogP contribution in [0.1, 0.15) is 26.2 Å². The molecule has 2 rings (SSSR count). The van der Waals surface area contributed by atoms with E-state index < -0.39 is 12.0 Å². The summed E-state index contributed by atoms with van der Waals surface area (Å²) in [5, 5.41) is 13.2. The Kier molecular flexibility index (Phi) is 4.28. The van der Waals surface area contributed by atoms with Crippen molar-refractivity contribution in [2.75, 3.05) is 5.32 Å². The van der Waals surface area contributed by atoms with Gasteiger partial charge < -0.3 is 10.4 Å². The monoisotopic (exact) mass is 259 g/mol. The molecule has 2 aromatic rings. The number of carboxylic acids is 1. The molecule has 100 valence electrons. The van der Waals surface area contributed by atoms with Crippen molar-refractivity contribution in [2.45, 2.75) is 32.2 Å². The maximum atomic E-state index is 11.3. The maximum absolute atomic E-state index is 11.3. The van der Waals surface area contributed by atoms with E-state index in [9.17, 15) is 9.90 Å². The Balaban J connectivity index is 2.26. The van der Waals surface area contributed by atoms with Crippen molar-refractivity contribution >= 4 is 22.6 Å². The van der Waals surface area contributed by atoms with Crippen molar-refractivity contribution < 1.29 is 9.90 Å². The van der Waals surface area contributed by atoms with Crippen LogP contribution < -0.4 is 5.32 Å². The zero-order valence-corrected chi connectivity index (χ0v) is 10.8. The summed E-state index contributed by atoms with van der Waals surface area (Å²) in [5.41, 5.74) is 1.57. The third kappa shape index (κ3) is 3.19. The number of carboxylic acid groups (broad SMARTS) is 1. The molecule has 0 radical (unpaired) electrons. The Hall–Kier alpha value is -2.17. The molecule has 0 fully saturated rings. The molecule has 0 aromatic carbocycles. The molecule has 2 heterocycles. The second-order valence-corrected chi connectivity index (χ2v) is 4.43. The number of hydrogen-bond acceptors (Lipinski definition) is 4. The van der Waals surface area contributed by atoms with E-state index in [2.05, 4.69) is 15.3 Å². The highest BCUT2D eigenvalue weighted by Gasteiger charge is 2.17. The smallest absolute Gasteiger partial charge is 0.326 e. The Labute approximate surface area is 111 Å². The van der Waals surface area contributed by atoms with E-state index in [1.807, 2.05) is 13.0 Å². The second-order valence-electron chi connectivity index (χ2n) is 4.43. The predicted molar refractivity (Wildman–Crippen MR) is 74.1 cm³/mol. The number of carbonyl (C=O) groups is 1. The van der Waals surface area contributed by atoms with Crippen molar-refractivity contribution in [3.8, 4) is 0 Å². The minimum atomic E-state index is -0.831. The summed E-state index contributed by atoms with van der Waals surface area (Å²) in [5.74, 6) is -0.831. The molecule has 5 nitrogen and oxygen atoms in total. The van der Waals surface area contributed by atoms with Gasteiger partial charge in [0.2, 0.25) is 0 Å². The standard InChI is InChI=1S/C14H17N3O2/c1-2-3-4-13(14(18)19)17-12-6-8-16-11-5-7-15-9-10(11)12/h5-9,13H,2-4H2,1H3,(H,16,17)(H,18,19)/t13-/m0/s1. The molecule has 1 atom stereocenters. The number of hydrogen-bond donors (Lipinski definition) is 2. The lowest BCUT2D eigenvalue weighted by Crippen LogP contribution is -2.29. The molecule has 0 unspecified atom stereocenters. The highest BCUT2D eigenvalue weighted by Crippen LogP contribution is 2.21. The minimum Gasteiger partial charge on any atom is -0.480 e. The summed E-state index contributed by atoms with van der Waals surface area (Å²) < 4.78 is 0. The summed E-state index contributed by atoms with van der Waals surface area (Å²) in [6.07, 6.45) is 7.50. The zero-order chi connectivity index (χ0) is 13.7. The van der Waals surface area contributed by atoms with E-state index in [-0.39, 0.29) is 0 Å². The van der Waals surface area contributed by atoms with Crippen LogP contribution in [0.25, 0.3) is 10.9 Å². The van der Waals surface area contributed by atoms with Crippen molar-refractivity contribution in [1.82, 2.24) is 9.97 Å². The van der Waals surface area contributed by atoms with Crippen molar-refractivity contribution in [3.05, 3.63) is 30.7 Å². The molecule has 0 saturated heterocycles.